The Labute approximate surface area is 132 Å². The number of rotatable bonds is 6. The van der Waals surface area contributed by atoms with E-state index in [0.29, 0.717) is 11.0 Å². The van der Waals surface area contributed by atoms with Gasteiger partial charge in [0.15, 0.2) is 0 Å². The minimum absolute atomic E-state index is 0.323. The Kier molecular flexibility index (Phi) is 5.76. The number of hydrogen-bond donors (Lipinski definition) is 1. The smallest absolute Gasteiger partial charge is 0.0334 e. The van der Waals surface area contributed by atoms with E-state index in [9.17, 15) is 0 Å². The molecule has 2 atom stereocenters. The maximum absolute atomic E-state index is 6.34. The van der Waals surface area contributed by atoms with Gasteiger partial charge in [0, 0.05) is 18.6 Å². The lowest BCUT2D eigenvalue weighted by Crippen LogP contribution is -2.56. The van der Waals surface area contributed by atoms with E-state index in [1.54, 1.807) is 0 Å². The number of nitrogens with two attached hydrogens (primary N) is 1. The minimum atomic E-state index is 0.323. The molecule has 21 heavy (non-hydrogen) atoms. The molecule has 1 aliphatic heterocycles. The number of hydrogen-bond acceptors (Lipinski definition) is 2. The molecular weight excluding hydrogens is 256 g/mol. The molecule has 124 valence electrons. The van der Waals surface area contributed by atoms with Gasteiger partial charge in [0.05, 0.1) is 0 Å². The van der Waals surface area contributed by atoms with Crippen LogP contribution in [0.2, 0.25) is 0 Å². The van der Waals surface area contributed by atoms with E-state index in [1.165, 1.54) is 64.5 Å². The van der Waals surface area contributed by atoms with Crippen molar-refractivity contribution in [1.82, 2.24) is 4.90 Å². The SMILES string of the molecule is CCC1(CC)CCN(C2(CN)CCCC(CC(C)C)C2)C1. The van der Waals surface area contributed by atoms with E-state index in [2.05, 4.69) is 32.6 Å². The van der Waals surface area contributed by atoms with Gasteiger partial charge in [-0.15, -0.1) is 0 Å². The Bertz CT molecular complexity index is 322. The second-order valence-corrected chi connectivity index (χ2v) is 8.40. The highest BCUT2D eigenvalue weighted by Crippen LogP contribution is 2.45. The highest BCUT2D eigenvalue weighted by atomic mass is 15.2. The maximum Gasteiger partial charge on any atom is 0.0334 e. The molecule has 1 heterocycles. The third kappa shape index (κ3) is 3.64. The molecule has 2 rings (SSSR count). The van der Waals surface area contributed by atoms with Gasteiger partial charge in [-0.2, -0.15) is 0 Å². The summed E-state index contributed by atoms with van der Waals surface area (Å²) < 4.78 is 0. The van der Waals surface area contributed by atoms with Gasteiger partial charge in [-0.1, -0.05) is 40.5 Å². The van der Waals surface area contributed by atoms with Crippen molar-refractivity contribution < 1.29 is 0 Å². The summed E-state index contributed by atoms with van der Waals surface area (Å²) in [5.74, 6) is 1.73. The molecule has 0 aromatic carbocycles. The Balaban J connectivity index is 2.07. The van der Waals surface area contributed by atoms with Crippen LogP contribution in [0.1, 0.15) is 79.1 Å². The van der Waals surface area contributed by atoms with Crippen molar-refractivity contribution in [1.29, 1.82) is 0 Å². The highest BCUT2D eigenvalue weighted by molar-refractivity contribution is 5.02. The van der Waals surface area contributed by atoms with Crippen LogP contribution in [-0.4, -0.2) is 30.1 Å². The summed E-state index contributed by atoms with van der Waals surface area (Å²) in [5.41, 5.74) is 7.24. The summed E-state index contributed by atoms with van der Waals surface area (Å²) in [4.78, 5) is 2.81. The summed E-state index contributed by atoms with van der Waals surface area (Å²) in [6, 6.07) is 0. The molecule has 0 radical (unpaired) electrons. The third-order valence-corrected chi connectivity index (χ3v) is 6.72. The van der Waals surface area contributed by atoms with E-state index >= 15 is 0 Å². The average Bonchev–Trinajstić information content (AvgIpc) is 2.92. The van der Waals surface area contributed by atoms with Crippen LogP contribution in [0.25, 0.3) is 0 Å². The predicted octanol–water partition coefficient (Wildman–Crippen LogP) is 4.43. The Morgan fingerprint density at radius 1 is 1.19 bits per heavy atom. The highest BCUT2D eigenvalue weighted by Gasteiger charge is 2.46. The molecule has 0 spiro atoms. The van der Waals surface area contributed by atoms with Gasteiger partial charge in [0.1, 0.15) is 0 Å². The molecule has 2 nitrogen and oxygen atoms in total. The molecule has 2 N–H and O–H groups in total. The van der Waals surface area contributed by atoms with Crippen LogP contribution in [0.4, 0.5) is 0 Å². The molecule has 0 aromatic heterocycles. The van der Waals surface area contributed by atoms with Gasteiger partial charge < -0.3 is 5.73 Å². The van der Waals surface area contributed by atoms with Crippen LogP contribution >= 0.6 is 0 Å². The Hall–Kier alpha value is -0.0800. The van der Waals surface area contributed by atoms with Crippen LogP contribution in [-0.2, 0) is 0 Å². The lowest BCUT2D eigenvalue weighted by molar-refractivity contribution is 0.0394. The first kappa shape index (κ1) is 17.3. The minimum Gasteiger partial charge on any atom is -0.329 e. The van der Waals surface area contributed by atoms with E-state index in [-0.39, 0.29) is 0 Å². The molecule has 2 heteroatoms. The van der Waals surface area contributed by atoms with Gasteiger partial charge in [0.25, 0.3) is 0 Å². The molecule has 2 fully saturated rings. The lowest BCUT2D eigenvalue weighted by Gasteiger charge is -2.48. The van der Waals surface area contributed by atoms with Gasteiger partial charge in [-0.25, -0.2) is 0 Å². The quantitative estimate of drug-likeness (QED) is 0.785. The van der Waals surface area contributed by atoms with Crippen molar-refractivity contribution in [2.45, 2.75) is 84.6 Å². The fraction of sp³-hybridized carbons (Fsp3) is 1.00. The van der Waals surface area contributed by atoms with E-state index in [0.717, 1.165) is 18.4 Å². The van der Waals surface area contributed by atoms with Gasteiger partial charge in [-0.3, -0.25) is 4.90 Å². The summed E-state index contributed by atoms with van der Waals surface area (Å²) >= 11 is 0. The van der Waals surface area contributed by atoms with E-state index in [1.807, 2.05) is 0 Å². The molecule has 2 unspecified atom stereocenters. The zero-order valence-corrected chi connectivity index (χ0v) is 15.0. The van der Waals surface area contributed by atoms with Crippen molar-refractivity contribution in [2.24, 2.45) is 23.0 Å². The number of likely N-dealkylation sites (tertiary alicyclic amines) is 1. The average molecular weight is 295 g/mol. The van der Waals surface area contributed by atoms with Crippen molar-refractivity contribution >= 4 is 0 Å². The Morgan fingerprint density at radius 2 is 1.90 bits per heavy atom. The fourth-order valence-corrected chi connectivity index (χ4v) is 5.10. The molecule has 0 aromatic rings. The second-order valence-electron chi connectivity index (χ2n) is 8.40. The van der Waals surface area contributed by atoms with E-state index < -0.39 is 0 Å². The third-order valence-electron chi connectivity index (χ3n) is 6.72. The van der Waals surface area contributed by atoms with Gasteiger partial charge >= 0.3 is 0 Å². The first-order chi connectivity index (χ1) is 9.99. The van der Waals surface area contributed by atoms with Crippen molar-refractivity contribution in [2.75, 3.05) is 19.6 Å². The van der Waals surface area contributed by atoms with Crippen LogP contribution in [0, 0.1) is 17.3 Å². The standard InChI is InChI=1S/C19H38N2/c1-5-18(6-2)10-11-21(15-18)19(14-20)9-7-8-17(13-19)12-16(3)4/h16-17H,5-15,20H2,1-4H3. The van der Waals surface area contributed by atoms with Crippen molar-refractivity contribution in [3.63, 3.8) is 0 Å². The van der Waals surface area contributed by atoms with Crippen LogP contribution in [0.5, 0.6) is 0 Å². The predicted molar refractivity (Wildman–Crippen MR) is 92.4 cm³/mol. The summed E-state index contributed by atoms with van der Waals surface area (Å²) in [5, 5.41) is 0. The van der Waals surface area contributed by atoms with Gasteiger partial charge in [0.2, 0.25) is 0 Å². The molecule has 0 amide bonds. The molecule has 1 aliphatic carbocycles. The summed E-state index contributed by atoms with van der Waals surface area (Å²) in [6.07, 6.45) is 10.9. The largest absolute Gasteiger partial charge is 0.329 e. The molecule has 1 saturated carbocycles. The zero-order chi connectivity index (χ0) is 15.5. The first-order valence-corrected chi connectivity index (χ1v) is 9.44. The molecule has 0 bridgehead atoms. The molecule has 2 aliphatic rings. The first-order valence-electron chi connectivity index (χ1n) is 9.44. The monoisotopic (exact) mass is 294 g/mol. The summed E-state index contributed by atoms with van der Waals surface area (Å²) in [7, 11) is 0. The van der Waals surface area contributed by atoms with E-state index in [4.69, 9.17) is 5.73 Å². The van der Waals surface area contributed by atoms with Gasteiger partial charge in [-0.05, 0) is 62.3 Å². The van der Waals surface area contributed by atoms with Crippen LogP contribution in [0.15, 0.2) is 0 Å². The molecular formula is C19H38N2. The topological polar surface area (TPSA) is 29.3 Å². The van der Waals surface area contributed by atoms with Crippen LogP contribution in [0.3, 0.4) is 0 Å². The zero-order valence-electron chi connectivity index (χ0n) is 15.0. The van der Waals surface area contributed by atoms with Crippen LogP contribution < -0.4 is 5.73 Å². The fourth-order valence-electron chi connectivity index (χ4n) is 5.10. The Morgan fingerprint density at radius 3 is 2.43 bits per heavy atom. The maximum atomic E-state index is 6.34. The second kappa shape index (κ2) is 7.00. The van der Waals surface area contributed by atoms with Crippen molar-refractivity contribution in [3.05, 3.63) is 0 Å². The van der Waals surface area contributed by atoms with Crippen molar-refractivity contribution in [3.8, 4) is 0 Å². The lowest BCUT2D eigenvalue weighted by atomic mass is 9.72. The summed E-state index contributed by atoms with van der Waals surface area (Å²) in [6.45, 7) is 12.9. The number of nitrogens with zero attached hydrogens (tertiary/aromatic N) is 1. The molecule has 1 saturated heterocycles. The normalized spacial score (nSPS) is 33.7.